The molecule has 8 N–H and O–H groups in total. The fourth-order valence-corrected chi connectivity index (χ4v) is 10.6. The summed E-state index contributed by atoms with van der Waals surface area (Å²) in [5, 5.41) is 77.1. The van der Waals surface area contributed by atoms with Crippen LogP contribution in [0.2, 0.25) is 0 Å². The molecule has 2 bridgehead atoms. The van der Waals surface area contributed by atoms with Crippen molar-refractivity contribution >= 4 is 29.4 Å². The Balaban J connectivity index is 1.44. The van der Waals surface area contributed by atoms with Crippen LogP contribution in [-0.2, 0) is 20.7 Å². The summed E-state index contributed by atoms with van der Waals surface area (Å²) in [5.74, 6) is -1.36. The van der Waals surface area contributed by atoms with E-state index in [0.717, 1.165) is 11.1 Å². The fourth-order valence-electron chi connectivity index (χ4n) is 10.6. The average Bonchev–Trinajstić information content (AvgIpc) is 3.74. The predicted octanol–water partition coefficient (Wildman–Crippen LogP) is 3.44. The van der Waals surface area contributed by atoms with Crippen LogP contribution in [-0.4, -0.2) is 124 Å². The first-order chi connectivity index (χ1) is 30.8. The van der Waals surface area contributed by atoms with Crippen LogP contribution in [0.15, 0.2) is 52.9 Å². The molecule has 1 spiro atoms. The van der Waals surface area contributed by atoms with E-state index >= 15 is 4.79 Å². The van der Waals surface area contributed by atoms with Crippen LogP contribution in [0.1, 0.15) is 104 Å². The number of aliphatic hydroxyl groups is 6. The third-order valence-corrected chi connectivity index (χ3v) is 14.0. The summed E-state index contributed by atoms with van der Waals surface area (Å²) >= 11 is 0. The number of Topliss-reactive ketones (excluding diaryl/α,β-unsaturated/α-hetero) is 1. The van der Waals surface area contributed by atoms with Gasteiger partial charge in [0.1, 0.15) is 53.6 Å². The third kappa shape index (κ3) is 7.52. The Labute approximate surface area is 378 Å². The van der Waals surface area contributed by atoms with Gasteiger partial charge in [0.15, 0.2) is 17.0 Å². The lowest BCUT2D eigenvalue weighted by Crippen LogP contribution is -2.78. The van der Waals surface area contributed by atoms with Crippen molar-refractivity contribution in [2.45, 2.75) is 141 Å². The number of hydrogen-bond acceptors (Lipinski definition) is 15. The van der Waals surface area contributed by atoms with Gasteiger partial charge < -0.3 is 60.2 Å². The van der Waals surface area contributed by atoms with Gasteiger partial charge in [-0.2, -0.15) is 10.1 Å². The molecule has 4 aliphatic heterocycles. The standard InChI is InChI=1S/C48H63N5O12/c1-23(2)10-9-15-46(8)16-14-28-39(64-46)27(12-11-24(3)4)41-32(40(28)63-44-38(58)37(57)36(56)31(21-55)62-44)34-33-35(53-45(52-34)50-22-51-53)29-20-30(25(5)6)48(33,65-41)47(61,42(29)59)17-13-26(7)43(60)49-18-19-54/h10-11,13-14,16,22,25,29-31,35-38,44,54-58,61H,9,12,15,17-21H2,1-8H3,(H,49,60)(H,50,51,52)/b26-13-/t29?,30?,31-,35?,36-,37+,38-,44+,46?,47?,48?/m1/s1. The van der Waals surface area contributed by atoms with Gasteiger partial charge in [0.2, 0.25) is 18.1 Å². The quantitative estimate of drug-likeness (QED) is 0.100. The second-order valence-electron chi connectivity index (χ2n) is 19.3. The van der Waals surface area contributed by atoms with Gasteiger partial charge in [-0.3, -0.25) is 9.59 Å². The molecule has 352 valence electrons. The lowest BCUT2D eigenvalue weighted by Gasteiger charge is -2.65. The van der Waals surface area contributed by atoms with Crippen molar-refractivity contribution in [3.05, 3.63) is 69.6 Å². The number of rotatable bonds is 14. The number of fused-ring (bicyclic) bond motifs is 6. The first-order valence-electron chi connectivity index (χ1n) is 22.6. The zero-order valence-electron chi connectivity index (χ0n) is 38.3. The number of amides is 1. The van der Waals surface area contributed by atoms with Crippen molar-refractivity contribution in [2.24, 2.45) is 17.8 Å². The van der Waals surface area contributed by atoms with Gasteiger partial charge >= 0.3 is 0 Å². The van der Waals surface area contributed by atoms with Crippen LogP contribution in [0.3, 0.4) is 0 Å². The van der Waals surface area contributed by atoms with E-state index in [4.69, 9.17) is 18.9 Å². The van der Waals surface area contributed by atoms with Gasteiger partial charge in [0.05, 0.1) is 36.1 Å². The van der Waals surface area contributed by atoms with E-state index in [-0.39, 0.29) is 49.0 Å². The minimum Gasteiger partial charge on any atom is -0.482 e. The Morgan fingerprint density at radius 1 is 1.05 bits per heavy atom. The maximum absolute atomic E-state index is 15.3. The van der Waals surface area contributed by atoms with E-state index in [1.54, 1.807) is 17.7 Å². The number of hydrogen-bond donors (Lipinski definition) is 8. The molecule has 9 rings (SSSR count). The highest BCUT2D eigenvalue weighted by molar-refractivity contribution is 6.02. The van der Waals surface area contributed by atoms with Gasteiger partial charge in [0.25, 0.3) is 0 Å². The SMILES string of the molecule is CC(C)=CCCC1(C)C=Cc2c(c(CC=C(C)C)c3c(c2O[C@@H]2O[C@H](CO)[C@@H](O)[C@H](O)[C@H]2O)C2=C4C(C5CC(C(C)C)C4(O3)C(O)(C/C=C(/C)C(=O)NCCO)C5=O)n3ncnc3N2)O1. The number of ether oxygens (including phenoxy) is 4. The number of carbonyl (C=O) groups excluding carboxylic acids is 2. The highest BCUT2D eigenvalue weighted by Gasteiger charge is 2.77. The molecule has 1 saturated heterocycles. The van der Waals surface area contributed by atoms with Gasteiger partial charge in [0, 0.05) is 41.5 Å². The first kappa shape index (κ1) is 46.6. The Hall–Kier alpha value is -4.88. The van der Waals surface area contributed by atoms with Crippen LogP contribution < -0.4 is 24.8 Å². The molecule has 17 nitrogen and oxygen atoms in total. The molecule has 6 unspecified atom stereocenters. The molecule has 1 aromatic carbocycles. The Morgan fingerprint density at radius 2 is 1.78 bits per heavy atom. The van der Waals surface area contributed by atoms with Crippen LogP contribution >= 0.6 is 0 Å². The lowest BCUT2D eigenvalue weighted by atomic mass is 9.46. The number of nitrogens with one attached hydrogen (secondary N) is 2. The molecule has 11 atom stereocenters. The van der Waals surface area contributed by atoms with E-state index in [1.165, 1.54) is 6.33 Å². The molecular weight excluding hydrogens is 839 g/mol. The topological polar surface area (TPSA) is 247 Å². The summed E-state index contributed by atoms with van der Waals surface area (Å²) in [7, 11) is 0. The van der Waals surface area contributed by atoms with E-state index in [0.29, 0.717) is 58.9 Å². The molecule has 1 aromatic heterocycles. The molecule has 4 fully saturated rings. The van der Waals surface area contributed by atoms with E-state index in [9.17, 15) is 35.4 Å². The van der Waals surface area contributed by atoms with Crippen molar-refractivity contribution < 1.29 is 59.2 Å². The monoisotopic (exact) mass is 901 g/mol. The number of allylic oxidation sites excluding steroid dienone is 4. The van der Waals surface area contributed by atoms with Gasteiger partial charge in [-0.1, -0.05) is 43.2 Å². The van der Waals surface area contributed by atoms with Crippen LogP contribution in [0.25, 0.3) is 11.8 Å². The number of benzene rings is 1. The summed E-state index contributed by atoms with van der Waals surface area (Å²) < 4.78 is 29.2. The zero-order chi connectivity index (χ0) is 46.9. The van der Waals surface area contributed by atoms with Gasteiger partial charge in [-0.25, -0.2) is 4.68 Å². The summed E-state index contributed by atoms with van der Waals surface area (Å²) in [6.45, 7) is 14.7. The smallest absolute Gasteiger partial charge is 0.246 e. The molecule has 3 aliphatic carbocycles. The molecule has 0 radical (unpaired) electrons. The predicted molar refractivity (Wildman–Crippen MR) is 239 cm³/mol. The van der Waals surface area contributed by atoms with E-state index in [1.807, 2.05) is 66.7 Å². The van der Waals surface area contributed by atoms with Crippen molar-refractivity contribution in [1.82, 2.24) is 20.1 Å². The van der Waals surface area contributed by atoms with E-state index < -0.39 is 83.7 Å². The van der Waals surface area contributed by atoms with Crippen molar-refractivity contribution in [3.8, 4) is 17.2 Å². The van der Waals surface area contributed by atoms with Crippen molar-refractivity contribution in [3.63, 3.8) is 0 Å². The minimum atomic E-state index is -2.25. The Kier molecular flexibility index (Phi) is 12.5. The largest absolute Gasteiger partial charge is 0.482 e. The molecule has 3 saturated carbocycles. The van der Waals surface area contributed by atoms with Crippen molar-refractivity contribution in [1.29, 1.82) is 0 Å². The summed E-state index contributed by atoms with van der Waals surface area (Å²) in [5.41, 5.74) is -0.157. The number of aliphatic hydroxyl groups excluding tert-OH is 5. The van der Waals surface area contributed by atoms with Crippen LogP contribution in [0.5, 0.6) is 17.2 Å². The van der Waals surface area contributed by atoms with Gasteiger partial charge in [-0.05, 0) is 85.3 Å². The molecule has 17 heteroatoms. The van der Waals surface area contributed by atoms with Crippen LogP contribution in [0.4, 0.5) is 5.95 Å². The number of carbonyl (C=O) groups is 2. The highest BCUT2D eigenvalue weighted by Crippen LogP contribution is 2.69. The maximum atomic E-state index is 15.3. The average molecular weight is 902 g/mol. The number of nitrogens with zero attached hydrogens (tertiary/aromatic N) is 3. The van der Waals surface area contributed by atoms with E-state index in [2.05, 4.69) is 26.8 Å². The summed E-state index contributed by atoms with van der Waals surface area (Å²) in [4.78, 5) is 33.0. The van der Waals surface area contributed by atoms with Crippen molar-refractivity contribution in [2.75, 3.05) is 25.1 Å². The third-order valence-electron chi connectivity index (χ3n) is 14.0. The molecule has 1 amide bonds. The highest BCUT2D eigenvalue weighted by atomic mass is 16.7. The molecule has 65 heavy (non-hydrogen) atoms. The molecule has 5 heterocycles. The minimum absolute atomic E-state index is 0.0237. The Bertz CT molecular complexity index is 2390. The number of aromatic nitrogens is 3. The van der Waals surface area contributed by atoms with Gasteiger partial charge in [-0.15, -0.1) is 0 Å². The second-order valence-corrected chi connectivity index (χ2v) is 19.3. The Morgan fingerprint density at radius 3 is 2.46 bits per heavy atom. The molecule has 2 aromatic rings. The normalized spacial score (nSPS) is 32.9. The molecule has 7 aliphatic rings. The summed E-state index contributed by atoms with van der Waals surface area (Å²) in [6.07, 6.45) is 4.47. The maximum Gasteiger partial charge on any atom is 0.246 e. The van der Waals surface area contributed by atoms with Crippen LogP contribution in [0, 0.1) is 17.8 Å². The molecular formula is C48H63N5O12. The first-order valence-corrected chi connectivity index (χ1v) is 22.6. The lowest BCUT2D eigenvalue weighted by molar-refractivity contribution is -0.277. The fraction of sp³-hybridized carbons (Fsp3) is 0.583. The number of anilines is 1. The zero-order valence-corrected chi connectivity index (χ0v) is 38.3. The second kappa shape index (κ2) is 17.4. The summed E-state index contributed by atoms with van der Waals surface area (Å²) in [6, 6.07) is -0.778. The number of ketones is 1.